The molecule has 26 heavy (non-hydrogen) atoms. The summed E-state index contributed by atoms with van der Waals surface area (Å²) in [6.45, 7) is 1.92. The van der Waals surface area contributed by atoms with Crippen LogP contribution in [0.4, 0.5) is 10.5 Å². The topological polar surface area (TPSA) is 95.7 Å². The van der Waals surface area contributed by atoms with Gasteiger partial charge in [0.1, 0.15) is 0 Å². The first-order chi connectivity index (χ1) is 12.5. The van der Waals surface area contributed by atoms with Crippen LogP contribution in [0.3, 0.4) is 0 Å². The number of aliphatic hydroxyl groups excluding tert-OH is 1. The molecule has 2 aromatic rings. The van der Waals surface area contributed by atoms with E-state index in [0.29, 0.717) is 16.8 Å². The maximum absolute atomic E-state index is 12.8. The minimum atomic E-state index is -0.496. The van der Waals surface area contributed by atoms with Crippen LogP contribution in [0.5, 0.6) is 0 Å². The van der Waals surface area contributed by atoms with Gasteiger partial charge in [-0.1, -0.05) is 24.3 Å². The van der Waals surface area contributed by atoms with E-state index in [1.54, 1.807) is 30.0 Å². The third kappa shape index (κ3) is 3.55. The fraction of sp³-hybridized carbons (Fsp3) is 0.300. The van der Waals surface area contributed by atoms with Gasteiger partial charge in [-0.15, -0.1) is 0 Å². The zero-order chi connectivity index (χ0) is 18.7. The van der Waals surface area contributed by atoms with Gasteiger partial charge < -0.3 is 21.1 Å². The average molecular weight is 353 g/mol. The van der Waals surface area contributed by atoms with Gasteiger partial charge in [-0.25, -0.2) is 4.79 Å². The molecule has 6 heteroatoms. The minimum Gasteiger partial charge on any atom is -0.395 e. The Labute approximate surface area is 152 Å². The number of fused-ring (bicyclic) bond motifs is 1. The summed E-state index contributed by atoms with van der Waals surface area (Å²) in [6, 6.07) is 12.7. The predicted molar refractivity (Wildman–Crippen MR) is 100 cm³/mol. The Morgan fingerprint density at radius 2 is 2.04 bits per heavy atom. The molecule has 0 aromatic heterocycles. The normalized spacial score (nSPS) is 15.4. The number of nitrogens with one attached hydrogen (secondary N) is 1. The number of hydrogen-bond donors (Lipinski definition) is 3. The summed E-state index contributed by atoms with van der Waals surface area (Å²) in [6.07, 6.45) is 1.76. The van der Waals surface area contributed by atoms with Gasteiger partial charge in [0.15, 0.2) is 0 Å². The van der Waals surface area contributed by atoms with E-state index in [1.165, 1.54) is 5.56 Å². The highest BCUT2D eigenvalue weighted by atomic mass is 16.3. The number of anilines is 1. The SMILES string of the molecule is Cc1cc(NC(=O)N(CCO)C2CCc3ccccc32)ccc1C(N)=O. The van der Waals surface area contributed by atoms with Gasteiger partial charge >= 0.3 is 6.03 Å². The van der Waals surface area contributed by atoms with E-state index < -0.39 is 5.91 Å². The molecule has 0 heterocycles. The Bertz CT molecular complexity index is 835. The fourth-order valence-electron chi connectivity index (χ4n) is 3.58. The number of amides is 3. The van der Waals surface area contributed by atoms with Crippen molar-refractivity contribution >= 4 is 17.6 Å². The molecular formula is C20H23N3O3. The van der Waals surface area contributed by atoms with Crippen LogP contribution >= 0.6 is 0 Å². The van der Waals surface area contributed by atoms with Crippen LogP contribution in [0.15, 0.2) is 42.5 Å². The number of aliphatic hydroxyl groups is 1. The molecule has 0 spiro atoms. The predicted octanol–water partition coefficient (Wildman–Crippen LogP) is 2.61. The Morgan fingerprint density at radius 1 is 1.27 bits per heavy atom. The number of aryl methyl sites for hydroxylation is 2. The molecular weight excluding hydrogens is 330 g/mol. The molecule has 136 valence electrons. The van der Waals surface area contributed by atoms with E-state index in [2.05, 4.69) is 11.4 Å². The summed E-state index contributed by atoms with van der Waals surface area (Å²) in [5.41, 5.74) is 9.42. The van der Waals surface area contributed by atoms with Crippen molar-refractivity contribution in [2.24, 2.45) is 5.73 Å². The largest absolute Gasteiger partial charge is 0.395 e. The van der Waals surface area contributed by atoms with Crippen LogP contribution in [0.25, 0.3) is 0 Å². The summed E-state index contributed by atoms with van der Waals surface area (Å²) >= 11 is 0. The molecule has 0 aliphatic heterocycles. The number of carbonyl (C=O) groups excluding carboxylic acids is 2. The molecule has 0 fully saturated rings. The molecule has 6 nitrogen and oxygen atoms in total. The molecule has 2 aromatic carbocycles. The summed E-state index contributed by atoms with van der Waals surface area (Å²) in [7, 11) is 0. The molecule has 1 aliphatic carbocycles. The van der Waals surface area contributed by atoms with Crippen molar-refractivity contribution in [2.75, 3.05) is 18.5 Å². The molecule has 1 aliphatic rings. The average Bonchev–Trinajstić information content (AvgIpc) is 3.03. The number of nitrogens with zero attached hydrogens (tertiary/aromatic N) is 1. The first-order valence-electron chi connectivity index (χ1n) is 8.68. The lowest BCUT2D eigenvalue weighted by molar-refractivity contribution is 0.0999. The standard InChI is InChI=1S/C20H23N3O3/c1-13-12-15(7-8-16(13)19(21)25)22-20(26)23(10-11-24)18-9-6-14-4-2-3-5-17(14)18/h2-5,7-8,12,18,24H,6,9-11H2,1H3,(H2,21,25)(H,22,26). The van der Waals surface area contributed by atoms with Crippen LogP contribution in [-0.4, -0.2) is 35.1 Å². The monoisotopic (exact) mass is 353 g/mol. The highest BCUT2D eigenvalue weighted by Crippen LogP contribution is 2.35. The van der Waals surface area contributed by atoms with Gasteiger partial charge in [-0.2, -0.15) is 0 Å². The molecule has 1 unspecified atom stereocenters. The first-order valence-corrected chi connectivity index (χ1v) is 8.68. The van der Waals surface area contributed by atoms with Crippen molar-refractivity contribution in [3.8, 4) is 0 Å². The molecule has 3 amide bonds. The summed E-state index contributed by atoms with van der Waals surface area (Å²) in [4.78, 5) is 25.8. The smallest absolute Gasteiger partial charge is 0.322 e. The van der Waals surface area contributed by atoms with Crippen molar-refractivity contribution in [1.82, 2.24) is 4.90 Å². The van der Waals surface area contributed by atoms with E-state index in [9.17, 15) is 14.7 Å². The highest BCUT2D eigenvalue weighted by Gasteiger charge is 2.30. The van der Waals surface area contributed by atoms with Crippen molar-refractivity contribution in [3.05, 3.63) is 64.7 Å². The summed E-state index contributed by atoms with van der Waals surface area (Å²) in [5.74, 6) is -0.496. The number of rotatable bonds is 5. The number of hydrogen-bond acceptors (Lipinski definition) is 3. The third-order valence-corrected chi connectivity index (χ3v) is 4.82. The van der Waals surface area contributed by atoms with Gasteiger partial charge in [0.05, 0.1) is 12.6 Å². The van der Waals surface area contributed by atoms with E-state index >= 15 is 0 Å². The van der Waals surface area contributed by atoms with Crippen molar-refractivity contribution in [1.29, 1.82) is 0 Å². The second kappa shape index (κ2) is 7.58. The Kier molecular flexibility index (Phi) is 5.23. The van der Waals surface area contributed by atoms with E-state index in [-0.39, 0.29) is 25.2 Å². The molecule has 0 saturated heterocycles. The van der Waals surface area contributed by atoms with Crippen molar-refractivity contribution in [3.63, 3.8) is 0 Å². The highest BCUT2D eigenvalue weighted by molar-refractivity contribution is 5.96. The Hall–Kier alpha value is -2.86. The Balaban J connectivity index is 1.80. The number of urea groups is 1. The number of benzene rings is 2. The quantitative estimate of drug-likeness (QED) is 0.771. The number of carbonyl (C=O) groups is 2. The zero-order valence-corrected chi connectivity index (χ0v) is 14.7. The second-order valence-electron chi connectivity index (χ2n) is 6.49. The lowest BCUT2D eigenvalue weighted by Gasteiger charge is -2.29. The molecule has 3 rings (SSSR count). The van der Waals surface area contributed by atoms with E-state index in [0.717, 1.165) is 18.4 Å². The lowest BCUT2D eigenvalue weighted by atomic mass is 10.1. The minimum absolute atomic E-state index is 0.0515. The summed E-state index contributed by atoms with van der Waals surface area (Å²) in [5, 5.41) is 12.3. The zero-order valence-electron chi connectivity index (χ0n) is 14.7. The molecule has 4 N–H and O–H groups in total. The van der Waals surface area contributed by atoms with E-state index in [4.69, 9.17) is 5.73 Å². The third-order valence-electron chi connectivity index (χ3n) is 4.82. The lowest BCUT2D eigenvalue weighted by Crippen LogP contribution is -2.39. The van der Waals surface area contributed by atoms with Crippen molar-refractivity contribution < 1.29 is 14.7 Å². The Morgan fingerprint density at radius 3 is 2.73 bits per heavy atom. The fourth-order valence-corrected chi connectivity index (χ4v) is 3.58. The maximum Gasteiger partial charge on any atom is 0.322 e. The van der Waals surface area contributed by atoms with Crippen LogP contribution in [0, 0.1) is 6.92 Å². The molecule has 0 saturated carbocycles. The maximum atomic E-state index is 12.8. The second-order valence-corrected chi connectivity index (χ2v) is 6.49. The number of primary amides is 1. The van der Waals surface area contributed by atoms with Gasteiger partial charge in [0, 0.05) is 17.8 Å². The van der Waals surface area contributed by atoms with Crippen LogP contribution in [0.1, 0.15) is 39.5 Å². The van der Waals surface area contributed by atoms with Gasteiger partial charge in [0.25, 0.3) is 0 Å². The van der Waals surface area contributed by atoms with Gasteiger partial charge in [-0.05, 0) is 54.7 Å². The van der Waals surface area contributed by atoms with Crippen LogP contribution < -0.4 is 11.1 Å². The van der Waals surface area contributed by atoms with Gasteiger partial charge in [-0.3, -0.25) is 4.79 Å². The summed E-state index contributed by atoms with van der Waals surface area (Å²) < 4.78 is 0. The molecule has 0 bridgehead atoms. The molecule has 0 radical (unpaired) electrons. The number of nitrogens with two attached hydrogens (primary N) is 1. The van der Waals surface area contributed by atoms with E-state index in [1.807, 2.05) is 18.2 Å². The van der Waals surface area contributed by atoms with Crippen LogP contribution in [-0.2, 0) is 6.42 Å². The molecule has 1 atom stereocenters. The van der Waals surface area contributed by atoms with Crippen molar-refractivity contribution in [2.45, 2.75) is 25.8 Å². The first kappa shape index (κ1) is 17.9. The van der Waals surface area contributed by atoms with Crippen LogP contribution in [0.2, 0.25) is 0 Å². The van der Waals surface area contributed by atoms with Gasteiger partial charge in [0.2, 0.25) is 5.91 Å².